The van der Waals surface area contributed by atoms with Crippen LogP contribution in [0.15, 0.2) is 34.7 Å². The number of carbonyl (C=O) groups is 1. The molecule has 1 N–H and O–H groups in total. The fourth-order valence-corrected chi connectivity index (χ4v) is 5.64. The van der Waals surface area contributed by atoms with Gasteiger partial charge < -0.3 is 9.47 Å². The summed E-state index contributed by atoms with van der Waals surface area (Å²) in [6, 6.07) is 5.67. The number of amides is 1. The van der Waals surface area contributed by atoms with Gasteiger partial charge in [0, 0.05) is 17.5 Å². The molecule has 3 aromatic heterocycles. The smallest absolute Gasteiger partial charge is 0.267 e. The van der Waals surface area contributed by atoms with Crippen LogP contribution < -0.4 is 20.3 Å². The lowest BCUT2D eigenvalue weighted by molar-refractivity contribution is 0.103. The van der Waals surface area contributed by atoms with Gasteiger partial charge in [0.15, 0.2) is 16.6 Å². The Hall–Kier alpha value is -3.24. The largest absolute Gasteiger partial charge is 0.486 e. The molecule has 1 aliphatic heterocycles. The SMILES string of the molecule is CCCCCn1cnc2sc(C(=O)Nc3nc(-c4ccc5c(c4)OCCO5)cs3)c(C)c2c1=O. The standard InChI is InChI=1S/C24H24N4O4S2/c1-3-4-5-8-28-13-25-22-19(23(28)30)14(2)20(34-22)21(29)27-24-26-16(12-33-24)15-6-7-17-18(11-15)32-10-9-31-17/h6-7,11-13H,3-5,8-10H2,1-2H3,(H,26,27,29). The number of aryl methyl sites for hydroxylation is 2. The molecule has 1 aliphatic rings. The summed E-state index contributed by atoms with van der Waals surface area (Å²) in [7, 11) is 0. The van der Waals surface area contributed by atoms with E-state index in [1.54, 1.807) is 17.8 Å². The van der Waals surface area contributed by atoms with Gasteiger partial charge in [-0.1, -0.05) is 19.8 Å². The molecule has 8 nitrogen and oxygen atoms in total. The van der Waals surface area contributed by atoms with Gasteiger partial charge in [-0.05, 0) is 37.1 Å². The van der Waals surface area contributed by atoms with Gasteiger partial charge in [-0.3, -0.25) is 19.5 Å². The number of nitrogens with zero attached hydrogens (tertiary/aromatic N) is 3. The number of fused-ring (bicyclic) bond motifs is 2. The number of nitrogens with one attached hydrogen (secondary N) is 1. The van der Waals surface area contributed by atoms with Crippen molar-refractivity contribution in [2.24, 2.45) is 0 Å². The maximum atomic E-state index is 13.0. The molecule has 10 heteroatoms. The molecule has 0 unspecified atom stereocenters. The van der Waals surface area contributed by atoms with Crippen molar-refractivity contribution in [1.82, 2.24) is 14.5 Å². The summed E-state index contributed by atoms with van der Waals surface area (Å²) in [5.41, 5.74) is 2.18. The molecule has 5 rings (SSSR count). The number of thiophene rings is 1. The van der Waals surface area contributed by atoms with E-state index in [0.717, 1.165) is 36.3 Å². The maximum absolute atomic E-state index is 13.0. The van der Waals surface area contributed by atoms with E-state index in [2.05, 4.69) is 22.2 Å². The Morgan fingerprint density at radius 3 is 2.85 bits per heavy atom. The van der Waals surface area contributed by atoms with E-state index >= 15 is 0 Å². The molecule has 0 bridgehead atoms. The van der Waals surface area contributed by atoms with E-state index in [1.165, 1.54) is 22.7 Å². The lowest BCUT2D eigenvalue weighted by Gasteiger charge is -2.18. The van der Waals surface area contributed by atoms with Crippen molar-refractivity contribution in [2.45, 2.75) is 39.7 Å². The highest BCUT2D eigenvalue weighted by atomic mass is 32.1. The van der Waals surface area contributed by atoms with Gasteiger partial charge in [0.2, 0.25) is 0 Å². The number of anilines is 1. The van der Waals surface area contributed by atoms with Crippen LogP contribution in [0.3, 0.4) is 0 Å². The van der Waals surface area contributed by atoms with Gasteiger partial charge in [0.1, 0.15) is 18.0 Å². The van der Waals surface area contributed by atoms with Crippen LogP contribution in [0.5, 0.6) is 11.5 Å². The van der Waals surface area contributed by atoms with Crippen molar-refractivity contribution in [2.75, 3.05) is 18.5 Å². The van der Waals surface area contributed by atoms with Gasteiger partial charge in [-0.25, -0.2) is 9.97 Å². The molecule has 0 saturated carbocycles. The number of unbranched alkanes of at least 4 members (excludes halogenated alkanes) is 2. The molecule has 0 spiro atoms. The van der Waals surface area contributed by atoms with Crippen LogP contribution in [0.4, 0.5) is 5.13 Å². The van der Waals surface area contributed by atoms with Gasteiger partial charge in [0.05, 0.1) is 22.3 Å². The van der Waals surface area contributed by atoms with Crippen LogP contribution in [0, 0.1) is 6.92 Å². The fraction of sp³-hybridized carbons (Fsp3) is 0.333. The minimum absolute atomic E-state index is 0.0935. The molecule has 0 atom stereocenters. The zero-order valence-electron chi connectivity index (χ0n) is 18.9. The average Bonchev–Trinajstić information content (AvgIpc) is 3.45. The molecule has 34 heavy (non-hydrogen) atoms. The van der Waals surface area contributed by atoms with Crippen LogP contribution in [0.2, 0.25) is 0 Å². The first-order chi connectivity index (χ1) is 16.5. The predicted octanol–water partition coefficient (Wildman–Crippen LogP) is 5.10. The van der Waals surface area contributed by atoms with Crippen LogP contribution >= 0.6 is 22.7 Å². The first-order valence-corrected chi connectivity index (χ1v) is 12.9. The normalized spacial score (nSPS) is 12.8. The van der Waals surface area contributed by atoms with Crippen LogP contribution in [-0.4, -0.2) is 33.7 Å². The number of ether oxygens (including phenoxy) is 2. The first kappa shape index (κ1) is 22.5. The predicted molar refractivity (Wildman–Crippen MR) is 135 cm³/mol. The van der Waals surface area contributed by atoms with Gasteiger partial charge >= 0.3 is 0 Å². The first-order valence-electron chi connectivity index (χ1n) is 11.2. The highest BCUT2D eigenvalue weighted by molar-refractivity contribution is 7.21. The highest BCUT2D eigenvalue weighted by Crippen LogP contribution is 2.35. The third-order valence-electron chi connectivity index (χ3n) is 5.69. The Balaban J connectivity index is 1.36. The van der Waals surface area contributed by atoms with E-state index in [4.69, 9.17) is 9.47 Å². The Bertz CT molecular complexity index is 1420. The number of thiazole rings is 1. The molecule has 1 amide bonds. The minimum atomic E-state index is -0.291. The number of hydrogen-bond donors (Lipinski definition) is 1. The van der Waals surface area contributed by atoms with Gasteiger partial charge in [-0.2, -0.15) is 0 Å². The Morgan fingerprint density at radius 1 is 1.21 bits per heavy atom. The third-order valence-corrected chi connectivity index (χ3v) is 7.64. The van der Waals surface area contributed by atoms with E-state index < -0.39 is 0 Å². The molecular weight excluding hydrogens is 472 g/mol. The summed E-state index contributed by atoms with van der Waals surface area (Å²) in [4.78, 5) is 36.1. The summed E-state index contributed by atoms with van der Waals surface area (Å²) >= 11 is 2.57. The summed E-state index contributed by atoms with van der Waals surface area (Å²) in [6.45, 7) is 5.62. The Labute approximate surface area is 204 Å². The number of aromatic nitrogens is 3. The lowest BCUT2D eigenvalue weighted by atomic mass is 10.1. The van der Waals surface area contributed by atoms with Gasteiger partial charge in [-0.15, -0.1) is 22.7 Å². The molecule has 1 aromatic carbocycles. The Morgan fingerprint density at radius 2 is 2.03 bits per heavy atom. The molecule has 0 saturated heterocycles. The number of rotatable bonds is 7. The molecular formula is C24H24N4O4S2. The van der Waals surface area contributed by atoms with Crippen molar-refractivity contribution < 1.29 is 14.3 Å². The van der Waals surface area contributed by atoms with Crippen molar-refractivity contribution in [3.63, 3.8) is 0 Å². The van der Waals surface area contributed by atoms with Crippen molar-refractivity contribution in [3.05, 3.63) is 50.7 Å². The van der Waals surface area contributed by atoms with Crippen LogP contribution in [0.25, 0.3) is 21.5 Å². The van der Waals surface area contributed by atoms with E-state index in [0.29, 0.717) is 51.3 Å². The van der Waals surface area contributed by atoms with E-state index in [1.807, 2.05) is 23.6 Å². The lowest BCUT2D eigenvalue weighted by Crippen LogP contribution is -2.20. The average molecular weight is 497 g/mol. The monoisotopic (exact) mass is 496 g/mol. The van der Waals surface area contributed by atoms with Crippen molar-refractivity contribution in [3.8, 4) is 22.8 Å². The summed E-state index contributed by atoms with van der Waals surface area (Å²) in [5.74, 6) is 1.12. The number of carbonyl (C=O) groups excluding carboxylic acids is 1. The molecule has 4 aromatic rings. The van der Waals surface area contributed by atoms with E-state index in [9.17, 15) is 9.59 Å². The second kappa shape index (κ2) is 9.55. The van der Waals surface area contributed by atoms with E-state index in [-0.39, 0.29) is 11.5 Å². The summed E-state index contributed by atoms with van der Waals surface area (Å²) < 4.78 is 12.9. The summed E-state index contributed by atoms with van der Waals surface area (Å²) in [6.07, 6.45) is 4.65. The van der Waals surface area contributed by atoms with Crippen LogP contribution in [-0.2, 0) is 6.54 Å². The topological polar surface area (TPSA) is 95.3 Å². The molecule has 0 aliphatic carbocycles. The van der Waals surface area contributed by atoms with Gasteiger partial charge in [0.25, 0.3) is 11.5 Å². The molecule has 176 valence electrons. The number of benzene rings is 1. The summed E-state index contributed by atoms with van der Waals surface area (Å²) in [5, 5.41) is 5.76. The maximum Gasteiger partial charge on any atom is 0.267 e. The molecule has 4 heterocycles. The zero-order valence-corrected chi connectivity index (χ0v) is 20.6. The zero-order chi connectivity index (χ0) is 23.7. The highest BCUT2D eigenvalue weighted by Gasteiger charge is 2.21. The minimum Gasteiger partial charge on any atom is -0.486 e. The second-order valence-corrected chi connectivity index (χ2v) is 9.89. The van der Waals surface area contributed by atoms with Crippen molar-refractivity contribution in [1.29, 1.82) is 0 Å². The quantitative estimate of drug-likeness (QED) is 0.358. The number of hydrogen-bond acceptors (Lipinski definition) is 8. The van der Waals surface area contributed by atoms with Crippen molar-refractivity contribution >= 4 is 43.9 Å². The fourth-order valence-electron chi connectivity index (χ4n) is 3.89. The molecule has 0 radical (unpaired) electrons. The molecule has 0 fully saturated rings. The third kappa shape index (κ3) is 4.30. The van der Waals surface area contributed by atoms with Crippen LogP contribution in [0.1, 0.15) is 41.4 Å². The Kier molecular flexibility index (Phi) is 6.34. The second-order valence-electron chi connectivity index (χ2n) is 8.04.